The largest absolute Gasteiger partial charge is 0.493 e. The van der Waals surface area contributed by atoms with Gasteiger partial charge in [0.05, 0.1) is 12.7 Å². The van der Waals surface area contributed by atoms with E-state index in [2.05, 4.69) is 18.8 Å². The molecule has 1 atom stereocenters. The van der Waals surface area contributed by atoms with Gasteiger partial charge in [0.15, 0.2) is 0 Å². The quantitative estimate of drug-likeness (QED) is 0.764. The molecule has 1 rings (SSSR count). The number of aliphatic hydroxyl groups is 1. The molecule has 0 aliphatic heterocycles. The van der Waals surface area contributed by atoms with Crippen molar-refractivity contribution < 1.29 is 9.84 Å². The SMILES string of the molecule is CC(C)COc1ccncc1C(O)CN. The third-order valence-corrected chi connectivity index (χ3v) is 1.96. The fraction of sp³-hybridized carbons (Fsp3) is 0.545. The summed E-state index contributed by atoms with van der Waals surface area (Å²) in [6.45, 7) is 4.93. The van der Waals surface area contributed by atoms with Crippen LogP contribution in [-0.2, 0) is 0 Å². The van der Waals surface area contributed by atoms with Crippen molar-refractivity contribution in [2.24, 2.45) is 11.7 Å². The number of hydrogen-bond acceptors (Lipinski definition) is 4. The number of aliphatic hydroxyl groups excluding tert-OH is 1. The van der Waals surface area contributed by atoms with Crippen LogP contribution in [0.25, 0.3) is 0 Å². The molecule has 0 spiro atoms. The molecule has 0 aliphatic rings. The summed E-state index contributed by atoms with van der Waals surface area (Å²) in [5.41, 5.74) is 6.05. The van der Waals surface area contributed by atoms with E-state index in [1.807, 2.05) is 0 Å². The number of rotatable bonds is 5. The van der Waals surface area contributed by atoms with Crippen molar-refractivity contribution in [3.05, 3.63) is 24.0 Å². The van der Waals surface area contributed by atoms with Crippen LogP contribution in [-0.4, -0.2) is 23.2 Å². The van der Waals surface area contributed by atoms with Gasteiger partial charge in [-0.15, -0.1) is 0 Å². The van der Waals surface area contributed by atoms with Crippen LogP contribution in [0, 0.1) is 5.92 Å². The first-order chi connectivity index (χ1) is 7.15. The molecule has 0 aromatic carbocycles. The molecule has 3 N–H and O–H groups in total. The van der Waals surface area contributed by atoms with E-state index in [9.17, 15) is 5.11 Å². The van der Waals surface area contributed by atoms with Crippen molar-refractivity contribution in [3.8, 4) is 5.75 Å². The Labute approximate surface area is 90.1 Å². The molecule has 4 nitrogen and oxygen atoms in total. The molecule has 15 heavy (non-hydrogen) atoms. The molecular formula is C11H18N2O2. The zero-order valence-electron chi connectivity index (χ0n) is 9.18. The lowest BCUT2D eigenvalue weighted by Crippen LogP contribution is -2.14. The minimum atomic E-state index is -0.708. The Hall–Kier alpha value is -1.13. The van der Waals surface area contributed by atoms with Gasteiger partial charge in [-0.1, -0.05) is 13.8 Å². The summed E-state index contributed by atoms with van der Waals surface area (Å²) in [5.74, 6) is 1.11. The summed E-state index contributed by atoms with van der Waals surface area (Å²) >= 11 is 0. The van der Waals surface area contributed by atoms with E-state index in [1.54, 1.807) is 18.5 Å². The maximum Gasteiger partial charge on any atom is 0.128 e. The Morgan fingerprint density at radius 2 is 2.27 bits per heavy atom. The Morgan fingerprint density at radius 1 is 1.53 bits per heavy atom. The summed E-state index contributed by atoms with van der Waals surface area (Å²) in [7, 11) is 0. The summed E-state index contributed by atoms with van der Waals surface area (Å²) < 4.78 is 5.57. The standard InChI is InChI=1S/C11H18N2O2/c1-8(2)7-15-11-3-4-13-6-9(11)10(14)5-12/h3-4,6,8,10,14H,5,7,12H2,1-2H3. The first kappa shape index (κ1) is 11.9. The number of hydrogen-bond donors (Lipinski definition) is 2. The molecule has 0 amide bonds. The van der Waals surface area contributed by atoms with Crippen LogP contribution in [0.1, 0.15) is 25.5 Å². The molecule has 0 aliphatic carbocycles. The number of pyridine rings is 1. The van der Waals surface area contributed by atoms with E-state index in [1.165, 1.54) is 0 Å². The highest BCUT2D eigenvalue weighted by Gasteiger charge is 2.12. The maximum absolute atomic E-state index is 9.63. The van der Waals surface area contributed by atoms with E-state index in [0.717, 1.165) is 0 Å². The second-order valence-corrected chi connectivity index (χ2v) is 3.87. The minimum Gasteiger partial charge on any atom is -0.493 e. The lowest BCUT2D eigenvalue weighted by molar-refractivity contribution is 0.176. The molecule has 0 fully saturated rings. The Kier molecular flexibility index (Phi) is 4.52. The topological polar surface area (TPSA) is 68.4 Å². The van der Waals surface area contributed by atoms with Crippen molar-refractivity contribution in [1.29, 1.82) is 0 Å². The zero-order chi connectivity index (χ0) is 11.3. The third kappa shape index (κ3) is 3.49. The summed E-state index contributed by atoms with van der Waals surface area (Å²) in [5, 5.41) is 9.63. The molecule has 1 heterocycles. The molecule has 0 bridgehead atoms. The predicted molar refractivity (Wildman–Crippen MR) is 58.6 cm³/mol. The monoisotopic (exact) mass is 210 g/mol. The molecule has 0 saturated heterocycles. The molecule has 84 valence electrons. The summed E-state index contributed by atoms with van der Waals surface area (Å²) in [6, 6.07) is 1.75. The maximum atomic E-state index is 9.63. The number of aromatic nitrogens is 1. The average molecular weight is 210 g/mol. The van der Waals surface area contributed by atoms with Gasteiger partial charge in [0.2, 0.25) is 0 Å². The molecule has 4 heteroatoms. The predicted octanol–water partition coefficient (Wildman–Crippen LogP) is 1.11. The first-order valence-corrected chi connectivity index (χ1v) is 5.10. The number of ether oxygens (including phenoxy) is 1. The van der Waals surface area contributed by atoms with Crippen molar-refractivity contribution in [1.82, 2.24) is 4.98 Å². The van der Waals surface area contributed by atoms with Crippen LogP contribution in [0.5, 0.6) is 5.75 Å². The van der Waals surface area contributed by atoms with Gasteiger partial charge in [-0.2, -0.15) is 0 Å². The van der Waals surface area contributed by atoms with Crippen LogP contribution >= 0.6 is 0 Å². The second-order valence-electron chi connectivity index (χ2n) is 3.87. The summed E-state index contributed by atoms with van der Waals surface area (Å²) in [6.07, 6.45) is 2.52. The van der Waals surface area contributed by atoms with Crippen LogP contribution < -0.4 is 10.5 Å². The van der Waals surface area contributed by atoms with Crippen molar-refractivity contribution in [3.63, 3.8) is 0 Å². The highest BCUT2D eigenvalue weighted by Crippen LogP contribution is 2.23. The third-order valence-electron chi connectivity index (χ3n) is 1.96. The van der Waals surface area contributed by atoms with E-state index >= 15 is 0 Å². The fourth-order valence-electron chi connectivity index (χ4n) is 1.16. The van der Waals surface area contributed by atoms with Crippen molar-refractivity contribution >= 4 is 0 Å². The van der Waals surface area contributed by atoms with Gasteiger partial charge in [-0.3, -0.25) is 4.98 Å². The molecule has 1 unspecified atom stereocenters. The average Bonchev–Trinajstić information content (AvgIpc) is 2.25. The van der Waals surface area contributed by atoms with Gasteiger partial charge < -0.3 is 15.6 Å². The lowest BCUT2D eigenvalue weighted by atomic mass is 10.1. The van der Waals surface area contributed by atoms with Gasteiger partial charge in [0, 0.05) is 24.5 Å². The molecular weight excluding hydrogens is 192 g/mol. The number of nitrogens with two attached hydrogens (primary N) is 1. The second kappa shape index (κ2) is 5.68. The Bertz CT molecular complexity index is 302. The van der Waals surface area contributed by atoms with Gasteiger partial charge in [-0.25, -0.2) is 0 Å². The van der Waals surface area contributed by atoms with Crippen LogP contribution in [0.4, 0.5) is 0 Å². The van der Waals surface area contributed by atoms with Crippen LogP contribution in [0.15, 0.2) is 18.5 Å². The normalized spacial score (nSPS) is 12.9. The zero-order valence-corrected chi connectivity index (χ0v) is 9.18. The van der Waals surface area contributed by atoms with Gasteiger partial charge in [0.1, 0.15) is 5.75 Å². The highest BCUT2D eigenvalue weighted by atomic mass is 16.5. The van der Waals surface area contributed by atoms with E-state index in [-0.39, 0.29) is 6.54 Å². The van der Waals surface area contributed by atoms with Crippen LogP contribution in [0.2, 0.25) is 0 Å². The van der Waals surface area contributed by atoms with Crippen LogP contribution in [0.3, 0.4) is 0 Å². The van der Waals surface area contributed by atoms with E-state index < -0.39 is 6.10 Å². The molecule has 0 saturated carbocycles. The van der Waals surface area contributed by atoms with E-state index in [4.69, 9.17) is 10.5 Å². The lowest BCUT2D eigenvalue weighted by Gasteiger charge is -2.15. The number of nitrogens with zero attached hydrogens (tertiary/aromatic N) is 1. The Balaban J connectivity index is 2.77. The molecule has 1 aromatic rings. The van der Waals surface area contributed by atoms with E-state index in [0.29, 0.717) is 23.8 Å². The molecule has 1 aromatic heterocycles. The van der Waals surface area contributed by atoms with Crippen molar-refractivity contribution in [2.75, 3.05) is 13.2 Å². The van der Waals surface area contributed by atoms with Gasteiger partial charge >= 0.3 is 0 Å². The van der Waals surface area contributed by atoms with Gasteiger partial charge in [0.25, 0.3) is 0 Å². The first-order valence-electron chi connectivity index (χ1n) is 5.10. The fourth-order valence-corrected chi connectivity index (χ4v) is 1.16. The summed E-state index contributed by atoms with van der Waals surface area (Å²) in [4.78, 5) is 3.95. The van der Waals surface area contributed by atoms with Crippen molar-refractivity contribution in [2.45, 2.75) is 20.0 Å². The minimum absolute atomic E-state index is 0.170. The van der Waals surface area contributed by atoms with Gasteiger partial charge in [-0.05, 0) is 12.0 Å². The molecule has 0 radical (unpaired) electrons. The smallest absolute Gasteiger partial charge is 0.128 e. The Morgan fingerprint density at radius 3 is 2.87 bits per heavy atom. The highest BCUT2D eigenvalue weighted by molar-refractivity contribution is 5.32.